The summed E-state index contributed by atoms with van der Waals surface area (Å²) >= 11 is 0. The van der Waals surface area contributed by atoms with Crippen LogP contribution in [0.3, 0.4) is 0 Å². The molecule has 0 aromatic heterocycles. The molecule has 2 aliphatic rings. The van der Waals surface area contributed by atoms with Crippen molar-refractivity contribution in [1.82, 2.24) is 0 Å². The Morgan fingerprint density at radius 1 is 0.812 bits per heavy atom. The lowest BCUT2D eigenvalue weighted by molar-refractivity contribution is 0.0161. The van der Waals surface area contributed by atoms with Crippen LogP contribution in [0.5, 0.6) is 0 Å². The molecule has 32 heavy (non-hydrogen) atoms. The van der Waals surface area contributed by atoms with Crippen LogP contribution < -0.4 is 0 Å². The number of ether oxygens (including phenoxy) is 1. The Kier molecular flexibility index (Phi) is 10.9. The summed E-state index contributed by atoms with van der Waals surface area (Å²) in [5, 5.41) is 0. The molecule has 2 aliphatic carbocycles. The van der Waals surface area contributed by atoms with Crippen LogP contribution in [0.15, 0.2) is 30.3 Å². The van der Waals surface area contributed by atoms with Gasteiger partial charge in [0.1, 0.15) is 6.10 Å². The largest absolute Gasteiger partial charge is 0.459 e. The molecule has 1 saturated carbocycles. The van der Waals surface area contributed by atoms with E-state index in [-0.39, 0.29) is 12.1 Å². The Labute approximate surface area is 197 Å². The number of hydrogen-bond acceptors (Lipinski definition) is 2. The maximum atomic E-state index is 12.6. The molecule has 0 amide bonds. The molecule has 0 radical (unpaired) electrons. The second-order valence-corrected chi connectivity index (χ2v) is 10.3. The summed E-state index contributed by atoms with van der Waals surface area (Å²) in [7, 11) is 0. The Morgan fingerprint density at radius 3 is 2.19 bits per heavy atom. The first-order chi connectivity index (χ1) is 15.7. The number of carbonyl (C=O) groups excluding carboxylic acids is 1. The van der Waals surface area contributed by atoms with Crippen LogP contribution >= 0.6 is 0 Å². The van der Waals surface area contributed by atoms with Crippen LogP contribution in [0.2, 0.25) is 0 Å². The normalized spacial score (nSPS) is 23.6. The summed E-state index contributed by atoms with van der Waals surface area (Å²) in [6.45, 7) is 4.54. The molecule has 0 bridgehead atoms. The van der Waals surface area contributed by atoms with Gasteiger partial charge in [0.05, 0.1) is 5.56 Å². The highest BCUT2D eigenvalue weighted by atomic mass is 16.5. The molecule has 0 saturated heterocycles. The summed E-state index contributed by atoms with van der Waals surface area (Å²) in [4.78, 5) is 12.6. The molecular formula is C30H46O2. The number of hydrogen-bond donors (Lipinski definition) is 0. The van der Waals surface area contributed by atoms with Crippen LogP contribution in [0.1, 0.15) is 133 Å². The average Bonchev–Trinajstić information content (AvgIpc) is 2.83. The summed E-state index contributed by atoms with van der Waals surface area (Å²) in [6, 6.07) is 8.16. The highest BCUT2D eigenvalue weighted by Crippen LogP contribution is 2.33. The van der Waals surface area contributed by atoms with E-state index in [4.69, 9.17) is 4.74 Å². The fourth-order valence-corrected chi connectivity index (χ4v) is 5.61. The number of rotatable bonds is 12. The van der Waals surface area contributed by atoms with Gasteiger partial charge in [-0.3, -0.25) is 0 Å². The summed E-state index contributed by atoms with van der Waals surface area (Å²) in [5.74, 6) is 1.56. The van der Waals surface area contributed by atoms with Gasteiger partial charge in [0.2, 0.25) is 0 Å². The van der Waals surface area contributed by atoms with Crippen molar-refractivity contribution >= 4 is 11.5 Å². The van der Waals surface area contributed by atoms with E-state index >= 15 is 0 Å². The molecule has 1 aromatic rings. The SMILES string of the molecule is CCCCCCCCC1CC=C(c2ccc(C(=O)OC3CCC(CCC)CC3)cc2)CC1. The van der Waals surface area contributed by atoms with Gasteiger partial charge >= 0.3 is 5.97 Å². The van der Waals surface area contributed by atoms with E-state index in [9.17, 15) is 4.79 Å². The van der Waals surface area contributed by atoms with Crippen molar-refractivity contribution in [3.63, 3.8) is 0 Å². The van der Waals surface area contributed by atoms with Crippen LogP contribution in [0.4, 0.5) is 0 Å². The van der Waals surface area contributed by atoms with Gasteiger partial charge in [0, 0.05) is 0 Å². The third-order valence-corrected chi connectivity index (χ3v) is 7.74. The highest BCUT2D eigenvalue weighted by molar-refractivity contribution is 5.90. The molecular weight excluding hydrogens is 392 g/mol. The van der Waals surface area contributed by atoms with E-state index in [1.807, 2.05) is 12.1 Å². The van der Waals surface area contributed by atoms with Gasteiger partial charge in [0.15, 0.2) is 0 Å². The third-order valence-electron chi connectivity index (χ3n) is 7.74. The minimum Gasteiger partial charge on any atom is -0.459 e. The summed E-state index contributed by atoms with van der Waals surface area (Å²) < 4.78 is 5.82. The Hall–Kier alpha value is -1.57. The van der Waals surface area contributed by atoms with Gasteiger partial charge in [-0.1, -0.05) is 89.8 Å². The Bertz CT molecular complexity index is 694. The lowest BCUT2D eigenvalue weighted by Crippen LogP contribution is -2.24. The molecule has 0 spiro atoms. The van der Waals surface area contributed by atoms with Gasteiger partial charge in [-0.2, -0.15) is 0 Å². The van der Waals surface area contributed by atoms with Crippen LogP contribution in [0.25, 0.3) is 5.57 Å². The second kappa shape index (κ2) is 13.9. The standard InChI is InChI=1S/C30H46O2/c1-3-5-6-7-8-9-11-25-12-16-26(17-13-25)27-18-20-28(21-19-27)30(31)32-29-22-14-24(10-4-2)15-23-29/h16,18-21,24-25,29H,3-15,17,22-23H2,1-2H3. The quantitative estimate of drug-likeness (QED) is 0.240. The molecule has 0 heterocycles. The van der Waals surface area contributed by atoms with E-state index in [2.05, 4.69) is 32.1 Å². The summed E-state index contributed by atoms with van der Waals surface area (Å²) in [5.41, 5.74) is 3.43. The monoisotopic (exact) mass is 438 g/mol. The van der Waals surface area contributed by atoms with Gasteiger partial charge in [-0.25, -0.2) is 4.79 Å². The molecule has 1 aromatic carbocycles. The first-order valence-electron chi connectivity index (χ1n) is 13.7. The Balaban J connectivity index is 1.39. The molecule has 1 atom stereocenters. The van der Waals surface area contributed by atoms with Gasteiger partial charge in [-0.15, -0.1) is 0 Å². The van der Waals surface area contributed by atoms with Crippen LogP contribution in [-0.2, 0) is 4.74 Å². The van der Waals surface area contributed by atoms with Crippen LogP contribution in [0, 0.1) is 11.8 Å². The number of benzene rings is 1. The lowest BCUT2D eigenvalue weighted by atomic mass is 9.83. The fourth-order valence-electron chi connectivity index (χ4n) is 5.61. The average molecular weight is 439 g/mol. The minimum atomic E-state index is -0.146. The first kappa shape index (κ1) is 25.1. The maximum Gasteiger partial charge on any atom is 0.338 e. The van der Waals surface area contributed by atoms with Gasteiger partial charge in [0.25, 0.3) is 0 Å². The highest BCUT2D eigenvalue weighted by Gasteiger charge is 2.24. The van der Waals surface area contributed by atoms with E-state index in [0.717, 1.165) is 24.7 Å². The number of allylic oxidation sites excluding steroid dienone is 2. The van der Waals surface area contributed by atoms with E-state index in [1.165, 1.54) is 101 Å². The fraction of sp³-hybridized carbons (Fsp3) is 0.700. The molecule has 3 rings (SSSR count). The zero-order valence-corrected chi connectivity index (χ0v) is 20.7. The predicted molar refractivity (Wildman–Crippen MR) is 136 cm³/mol. The molecule has 0 N–H and O–H groups in total. The molecule has 178 valence electrons. The number of esters is 1. The smallest absolute Gasteiger partial charge is 0.338 e. The number of carbonyl (C=O) groups is 1. The molecule has 1 unspecified atom stereocenters. The third kappa shape index (κ3) is 8.09. The van der Waals surface area contributed by atoms with Crippen molar-refractivity contribution in [2.24, 2.45) is 11.8 Å². The Morgan fingerprint density at radius 2 is 1.53 bits per heavy atom. The van der Waals surface area contributed by atoms with Gasteiger partial charge < -0.3 is 4.74 Å². The van der Waals surface area contributed by atoms with Crippen molar-refractivity contribution in [2.45, 2.75) is 123 Å². The zero-order valence-electron chi connectivity index (χ0n) is 20.7. The maximum absolute atomic E-state index is 12.6. The second-order valence-electron chi connectivity index (χ2n) is 10.3. The predicted octanol–water partition coefficient (Wildman–Crippen LogP) is 9.14. The topological polar surface area (TPSA) is 26.3 Å². The lowest BCUT2D eigenvalue weighted by Gasteiger charge is -2.28. The van der Waals surface area contributed by atoms with Gasteiger partial charge in [-0.05, 0) is 80.1 Å². The van der Waals surface area contributed by atoms with Crippen molar-refractivity contribution < 1.29 is 9.53 Å². The van der Waals surface area contributed by atoms with E-state index < -0.39 is 0 Å². The van der Waals surface area contributed by atoms with Crippen LogP contribution in [-0.4, -0.2) is 12.1 Å². The number of unbranched alkanes of at least 4 members (excludes halogenated alkanes) is 5. The van der Waals surface area contributed by atoms with Crippen molar-refractivity contribution in [3.8, 4) is 0 Å². The molecule has 2 nitrogen and oxygen atoms in total. The minimum absolute atomic E-state index is 0.111. The zero-order chi connectivity index (χ0) is 22.6. The molecule has 2 heteroatoms. The summed E-state index contributed by atoms with van der Waals surface area (Å²) in [6.07, 6.45) is 23.1. The molecule has 1 fully saturated rings. The molecule has 0 aliphatic heterocycles. The van der Waals surface area contributed by atoms with Crippen molar-refractivity contribution in [3.05, 3.63) is 41.5 Å². The van der Waals surface area contributed by atoms with E-state index in [0.29, 0.717) is 5.56 Å². The van der Waals surface area contributed by atoms with E-state index in [1.54, 1.807) is 0 Å². The van der Waals surface area contributed by atoms with Crippen molar-refractivity contribution in [1.29, 1.82) is 0 Å². The first-order valence-corrected chi connectivity index (χ1v) is 13.7. The van der Waals surface area contributed by atoms with Crippen molar-refractivity contribution in [2.75, 3.05) is 0 Å².